The molecule has 0 aliphatic rings. The van der Waals surface area contributed by atoms with Crippen LogP contribution in [-0.2, 0) is 16.0 Å². The number of carboxylic acid groups (broad SMARTS) is 2. The number of aromatic nitrogens is 1. The summed E-state index contributed by atoms with van der Waals surface area (Å²) in [6, 6.07) is 5.16. The number of aliphatic carboxylic acids is 2. The maximum Gasteiger partial charge on any atom is 0.0501 e. The molecule has 0 unspecified atom stereocenters. The number of hydrogen-bond acceptors (Lipinski definition) is 5. The van der Waals surface area contributed by atoms with E-state index < -0.39 is 17.9 Å². The van der Waals surface area contributed by atoms with Crippen LogP contribution in [0.4, 0.5) is 0 Å². The Kier molecular flexibility index (Phi) is 3.79. The Morgan fingerprint density at radius 2 is 1.93 bits per heavy atom. The molecule has 0 saturated heterocycles. The number of carboxylic acids is 2. The van der Waals surface area contributed by atoms with Crippen molar-refractivity contribution in [3.63, 3.8) is 0 Å². The third kappa shape index (κ3) is 3.38. The zero-order valence-electron chi connectivity index (χ0n) is 7.88. The van der Waals surface area contributed by atoms with E-state index in [1.807, 2.05) is 0 Å². The zero-order valence-corrected chi connectivity index (χ0v) is 7.88. The van der Waals surface area contributed by atoms with Gasteiger partial charge >= 0.3 is 0 Å². The number of carbonyl (C=O) groups excluding carboxylic acids is 2. The first kappa shape index (κ1) is 11.2. The highest BCUT2D eigenvalue weighted by Gasteiger charge is 2.11. The van der Waals surface area contributed by atoms with Gasteiger partial charge in [-0.2, -0.15) is 0 Å². The van der Waals surface area contributed by atoms with E-state index in [9.17, 15) is 19.8 Å². The molecule has 15 heavy (non-hydrogen) atoms. The Morgan fingerprint density at radius 3 is 2.40 bits per heavy atom. The highest BCUT2D eigenvalue weighted by molar-refractivity contribution is 5.90. The summed E-state index contributed by atoms with van der Waals surface area (Å²) < 4.78 is 0. The molecule has 0 bridgehead atoms. The van der Waals surface area contributed by atoms with E-state index in [2.05, 4.69) is 4.98 Å². The summed E-state index contributed by atoms with van der Waals surface area (Å²) in [6.45, 7) is 0. The first-order valence-corrected chi connectivity index (χ1v) is 4.43. The van der Waals surface area contributed by atoms with E-state index in [0.29, 0.717) is 5.69 Å². The fourth-order valence-corrected chi connectivity index (χ4v) is 1.17. The third-order valence-corrected chi connectivity index (χ3v) is 1.98. The summed E-state index contributed by atoms with van der Waals surface area (Å²) in [5.41, 5.74) is 0.644. The summed E-state index contributed by atoms with van der Waals surface area (Å²) in [6.07, 6.45) is 1.76. The Hall–Kier alpha value is -1.91. The van der Waals surface area contributed by atoms with Crippen LogP contribution >= 0.6 is 0 Å². The standard InChI is InChI=1S/C10H11NO4/c12-9(13)8(10(14)15)5-4-7-3-1-2-6-11-7/h1-3,6,8H,4-5H2,(H,12,13)(H,14,15)/p-2. The molecule has 1 aromatic heterocycles. The average molecular weight is 207 g/mol. The van der Waals surface area contributed by atoms with Crippen molar-refractivity contribution in [2.75, 3.05) is 0 Å². The molecular weight excluding hydrogens is 198 g/mol. The van der Waals surface area contributed by atoms with E-state index in [1.54, 1.807) is 24.4 Å². The van der Waals surface area contributed by atoms with Gasteiger partial charge in [0.15, 0.2) is 0 Å². The third-order valence-electron chi connectivity index (χ3n) is 1.98. The molecule has 0 amide bonds. The van der Waals surface area contributed by atoms with Crippen molar-refractivity contribution >= 4 is 11.9 Å². The van der Waals surface area contributed by atoms with Crippen LogP contribution in [-0.4, -0.2) is 16.9 Å². The zero-order chi connectivity index (χ0) is 11.3. The number of carbonyl (C=O) groups is 2. The number of pyridine rings is 1. The summed E-state index contributed by atoms with van der Waals surface area (Å²) >= 11 is 0. The van der Waals surface area contributed by atoms with E-state index in [0.717, 1.165) is 0 Å². The van der Waals surface area contributed by atoms with Crippen molar-refractivity contribution in [2.24, 2.45) is 5.92 Å². The van der Waals surface area contributed by atoms with Crippen LogP contribution in [0.3, 0.4) is 0 Å². The van der Waals surface area contributed by atoms with Crippen LogP contribution in [0.2, 0.25) is 0 Å². The maximum absolute atomic E-state index is 10.4. The molecular formula is C10H9NO4-2. The van der Waals surface area contributed by atoms with Crippen molar-refractivity contribution in [1.82, 2.24) is 4.98 Å². The second kappa shape index (κ2) is 5.09. The molecule has 5 nitrogen and oxygen atoms in total. The second-order valence-electron chi connectivity index (χ2n) is 3.05. The van der Waals surface area contributed by atoms with Crippen molar-refractivity contribution in [3.05, 3.63) is 30.1 Å². The predicted molar refractivity (Wildman–Crippen MR) is 46.1 cm³/mol. The van der Waals surface area contributed by atoms with Crippen molar-refractivity contribution in [2.45, 2.75) is 12.8 Å². The molecule has 0 aromatic carbocycles. The Morgan fingerprint density at radius 1 is 1.27 bits per heavy atom. The van der Waals surface area contributed by atoms with E-state index in [4.69, 9.17) is 0 Å². The molecule has 0 N–H and O–H groups in total. The molecule has 1 aromatic rings. The van der Waals surface area contributed by atoms with Gasteiger partial charge in [0.2, 0.25) is 0 Å². The molecule has 0 saturated carbocycles. The van der Waals surface area contributed by atoms with Gasteiger partial charge in [0.25, 0.3) is 0 Å². The molecule has 0 aliphatic heterocycles. The largest absolute Gasteiger partial charge is 0.549 e. The minimum atomic E-state index is -1.62. The summed E-state index contributed by atoms with van der Waals surface area (Å²) in [5.74, 6) is -4.82. The van der Waals surface area contributed by atoms with Gasteiger partial charge < -0.3 is 19.8 Å². The van der Waals surface area contributed by atoms with Crippen LogP contribution in [0.15, 0.2) is 24.4 Å². The monoisotopic (exact) mass is 207 g/mol. The Balaban J connectivity index is 2.55. The normalized spacial score (nSPS) is 10.2. The van der Waals surface area contributed by atoms with Crippen molar-refractivity contribution in [1.29, 1.82) is 0 Å². The maximum atomic E-state index is 10.4. The quantitative estimate of drug-likeness (QED) is 0.527. The Labute approximate surface area is 86.4 Å². The number of rotatable bonds is 5. The van der Waals surface area contributed by atoms with Gasteiger partial charge in [-0.3, -0.25) is 4.98 Å². The topological polar surface area (TPSA) is 93.2 Å². The lowest BCUT2D eigenvalue weighted by molar-refractivity contribution is -0.331. The molecule has 0 atom stereocenters. The number of aryl methyl sites for hydroxylation is 1. The summed E-state index contributed by atoms with van der Waals surface area (Å²) in [7, 11) is 0. The summed E-state index contributed by atoms with van der Waals surface area (Å²) in [4.78, 5) is 24.8. The summed E-state index contributed by atoms with van der Waals surface area (Å²) in [5, 5.41) is 20.8. The SMILES string of the molecule is O=C([O-])C(CCc1ccccn1)C(=O)[O-]. The van der Waals surface area contributed by atoms with Gasteiger partial charge in [0, 0.05) is 17.8 Å². The smallest absolute Gasteiger partial charge is 0.0501 e. The molecule has 0 fully saturated rings. The molecule has 0 radical (unpaired) electrons. The second-order valence-corrected chi connectivity index (χ2v) is 3.05. The first-order chi connectivity index (χ1) is 7.11. The first-order valence-electron chi connectivity index (χ1n) is 4.43. The molecule has 0 spiro atoms. The van der Waals surface area contributed by atoms with Crippen LogP contribution in [0.1, 0.15) is 12.1 Å². The molecule has 1 rings (SSSR count). The fraction of sp³-hybridized carbons (Fsp3) is 0.300. The van der Waals surface area contributed by atoms with Gasteiger partial charge in [-0.05, 0) is 25.0 Å². The van der Waals surface area contributed by atoms with Crippen molar-refractivity contribution in [3.8, 4) is 0 Å². The average Bonchev–Trinajstić information content (AvgIpc) is 2.18. The van der Waals surface area contributed by atoms with Gasteiger partial charge in [-0.15, -0.1) is 0 Å². The van der Waals surface area contributed by atoms with E-state index in [1.165, 1.54) is 0 Å². The number of nitrogens with zero attached hydrogens (tertiary/aromatic N) is 1. The van der Waals surface area contributed by atoms with E-state index >= 15 is 0 Å². The minimum Gasteiger partial charge on any atom is -0.549 e. The highest BCUT2D eigenvalue weighted by atomic mass is 16.4. The van der Waals surface area contributed by atoms with Crippen LogP contribution < -0.4 is 10.2 Å². The minimum absolute atomic E-state index is 0.0678. The van der Waals surface area contributed by atoms with E-state index in [-0.39, 0.29) is 12.8 Å². The lowest BCUT2D eigenvalue weighted by Gasteiger charge is -2.18. The van der Waals surface area contributed by atoms with Gasteiger partial charge in [-0.25, -0.2) is 0 Å². The molecule has 80 valence electrons. The van der Waals surface area contributed by atoms with Gasteiger partial charge in [0.05, 0.1) is 11.9 Å². The molecule has 0 aliphatic carbocycles. The van der Waals surface area contributed by atoms with Gasteiger partial charge in [0.1, 0.15) is 0 Å². The van der Waals surface area contributed by atoms with Gasteiger partial charge in [-0.1, -0.05) is 6.07 Å². The number of hydrogen-bond donors (Lipinski definition) is 0. The lowest BCUT2D eigenvalue weighted by Crippen LogP contribution is -2.43. The fourth-order valence-electron chi connectivity index (χ4n) is 1.17. The predicted octanol–water partition coefficient (Wildman–Crippen LogP) is -1.87. The molecule has 5 heteroatoms. The van der Waals surface area contributed by atoms with Crippen molar-refractivity contribution < 1.29 is 19.8 Å². The Bertz CT molecular complexity index is 336. The van der Waals surface area contributed by atoms with Crippen LogP contribution in [0.25, 0.3) is 0 Å². The van der Waals surface area contributed by atoms with Crippen LogP contribution in [0, 0.1) is 5.92 Å². The molecule has 1 heterocycles. The highest BCUT2D eigenvalue weighted by Crippen LogP contribution is 2.06. The lowest BCUT2D eigenvalue weighted by atomic mass is 10.0. The van der Waals surface area contributed by atoms with Crippen LogP contribution in [0.5, 0.6) is 0 Å².